The van der Waals surface area contributed by atoms with Crippen LogP contribution < -0.4 is 11.1 Å². The second-order valence-electron chi connectivity index (χ2n) is 9.41. The fourth-order valence-electron chi connectivity index (χ4n) is 4.60. The number of aryl methyl sites for hydroxylation is 1. The van der Waals surface area contributed by atoms with Gasteiger partial charge in [0.25, 0.3) is 5.91 Å². The van der Waals surface area contributed by atoms with Gasteiger partial charge in [0.05, 0.1) is 5.69 Å². The summed E-state index contributed by atoms with van der Waals surface area (Å²) in [7, 11) is 0. The van der Waals surface area contributed by atoms with Crippen molar-refractivity contribution in [1.82, 2.24) is 10.3 Å². The molecule has 2 aliphatic rings. The standard InChI is InChI=1S/C22H31N3OS/c1-22(2,3)14-9-10-17-13(11-14)12-16-18(23)19(27-21(16)25-17)20(26)24-15-7-5-4-6-8-15/h12,14-15H,4-11,23H2,1-3H3,(H,24,26)/t14-/m1/s1. The quantitative estimate of drug-likeness (QED) is 0.756. The number of carbonyl (C=O) groups excluding carboxylic acids is 1. The fraction of sp³-hybridized carbons (Fsp3) is 0.636. The second-order valence-corrected chi connectivity index (χ2v) is 10.4. The summed E-state index contributed by atoms with van der Waals surface area (Å²) in [5, 5.41) is 4.16. The number of aromatic nitrogens is 1. The van der Waals surface area contributed by atoms with E-state index in [1.54, 1.807) is 0 Å². The van der Waals surface area contributed by atoms with Crippen molar-refractivity contribution in [2.75, 3.05) is 5.73 Å². The molecule has 0 spiro atoms. The van der Waals surface area contributed by atoms with Crippen molar-refractivity contribution in [3.8, 4) is 0 Å². The zero-order valence-corrected chi connectivity index (χ0v) is 17.5. The van der Waals surface area contributed by atoms with Gasteiger partial charge in [-0.15, -0.1) is 11.3 Å². The molecule has 0 unspecified atom stereocenters. The van der Waals surface area contributed by atoms with Crippen molar-refractivity contribution in [2.45, 2.75) is 78.2 Å². The number of nitrogens with zero attached hydrogens (tertiary/aromatic N) is 1. The maximum absolute atomic E-state index is 12.8. The van der Waals surface area contributed by atoms with E-state index in [1.807, 2.05) is 0 Å². The van der Waals surface area contributed by atoms with E-state index >= 15 is 0 Å². The van der Waals surface area contributed by atoms with Crippen LogP contribution in [0, 0.1) is 11.3 Å². The summed E-state index contributed by atoms with van der Waals surface area (Å²) in [5.74, 6) is 0.645. The number of nitrogens with two attached hydrogens (primary N) is 1. The van der Waals surface area contributed by atoms with Crippen LogP contribution in [-0.4, -0.2) is 16.9 Å². The van der Waals surface area contributed by atoms with Gasteiger partial charge in [-0.25, -0.2) is 4.98 Å². The summed E-state index contributed by atoms with van der Waals surface area (Å²) in [6.07, 6.45) is 9.11. The molecule has 0 radical (unpaired) electrons. The number of pyridine rings is 1. The van der Waals surface area contributed by atoms with Crippen LogP contribution in [0.1, 0.15) is 80.2 Å². The van der Waals surface area contributed by atoms with E-state index in [4.69, 9.17) is 10.7 Å². The van der Waals surface area contributed by atoms with Crippen LogP contribution in [0.25, 0.3) is 10.2 Å². The lowest BCUT2D eigenvalue weighted by Crippen LogP contribution is -2.36. The van der Waals surface area contributed by atoms with Crippen LogP contribution in [0.4, 0.5) is 5.69 Å². The van der Waals surface area contributed by atoms with E-state index in [9.17, 15) is 4.79 Å². The maximum Gasteiger partial charge on any atom is 0.263 e. The smallest absolute Gasteiger partial charge is 0.263 e. The lowest BCUT2D eigenvalue weighted by Gasteiger charge is -2.34. The highest BCUT2D eigenvalue weighted by molar-refractivity contribution is 7.21. The molecule has 2 heterocycles. The van der Waals surface area contributed by atoms with E-state index < -0.39 is 0 Å². The number of anilines is 1. The number of fused-ring (bicyclic) bond motifs is 2. The molecular weight excluding hydrogens is 354 g/mol. The van der Waals surface area contributed by atoms with E-state index in [0.717, 1.165) is 35.9 Å². The first-order valence-electron chi connectivity index (χ1n) is 10.3. The number of thiophene rings is 1. The zero-order chi connectivity index (χ0) is 19.2. The average molecular weight is 386 g/mol. The molecule has 4 rings (SSSR count). The Morgan fingerprint density at radius 3 is 2.67 bits per heavy atom. The third-order valence-electron chi connectivity index (χ3n) is 6.46. The Hall–Kier alpha value is -1.62. The van der Waals surface area contributed by atoms with Crippen LogP contribution in [0.15, 0.2) is 6.07 Å². The van der Waals surface area contributed by atoms with Crippen LogP contribution >= 0.6 is 11.3 Å². The van der Waals surface area contributed by atoms with Crippen LogP contribution in [0.5, 0.6) is 0 Å². The molecule has 0 aliphatic heterocycles. The molecule has 146 valence electrons. The first-order chi connectivity index (χ1) is 12.8. The van der Waals surface area contributed by atoms with Gasteiger partial charge in [0, 0.05) is 17.1 Å². The first-order valence-corrected chi connectivity index (χ1v) is 11.2. The predicted molar refractivity (Wildman–Crippen MR) is 113 cm³/mol. The fourth-order valence-corrected chi connectivity index (χ4v) is 5.60. The van der Waals surface area contributed by atoms with Gasteiger partial charge in [-0.2, -0.15) is 0 Å². The maximum atomic E-state index is 12.8. The first kappa shape index (κ1) is 18.7. The van der Waals surface area contributed by atoms with E-state index in [1.165, 1.54) is 48.3 Å². The van der Waals surface area contributed by atoms with Crippen molar-refractivity contribution in [2.24, 2.45) is 11.3 Å². The summed E-state index contributed by atoms with van der Waals surface area (Å²) in [5.41, 5.74) is 9.83. The minimum Gasteiger partial charge on any atom is -0.397 e. The van der Waals surface area contributed by atoms with Gasteiger partial charge in [0.15, 0.2) is 0 Å². The average Bonchev–Trinajstić information content (AvgIpc) is 2.95. The van der Waals surface area contributed by atoms with Gasteiger partial charge in [0.2, 0.25) is 0 Å². The van der Waals surface area contributed by atoms with Crippen LogP contribution in [0.3, 0.4) is 0 Å². The van der Waals surface area contributed by atoms with E-state index in [2.05, 4.69) is 32.2 Å². The van der Waals surface area contributed by atoms with Crippen LogP contribution in [-0.2, 0) is 12.8 Å². The van der Waals surface area contributed by atoms with Gasteiger partial charge in [-0.3, -0.25) is 4.79 Å². The number of nitrogen functional groups attached to an aromatic ring is 1. The van der Waals surface area contributed by atoms with E-state index in [-0.39, 0.29) is 5.91 Å². The van der Waals surface area contributed by atoms with E-state index in [0.29, 0.717) is 27.9 Å². The predicted octanol–water partition coefficient (Wildman–Crippen LogP) is 5.09. The lowest BCUT2D eigenvalue weighted by molar-refractivity contribution is 0.0932. The molecule has 1 atom stereocenters. The topological polar surface area (TPSA) is 68.0 Å². The number of hydrogen-bond acceptors (Lipinski definition) is 4. The highest BCUT2D eigenvalue weighted by Crippen LogP contribution is 2.40. The number of hydrogen-bond donors (Lipinski definition) is 2. The summed E-state index contributed by atoms with van der Waals surface area (Å²) >= 11 is 1.45. The third kappa shape index (κ3) is 3.71. The molecule has 0 aromatic carbocycles. The van der Waals surface area contributed by atoms with Crippen molar-refractivity contribution < 1.29 is 4.79 Å². The van der Waals surface area contributed by atoms with Crippen molar-refractivity contribution in [3.05, 3.63) is 22.2 Å². The molecule has 0 saturated heterocycles. The summed E-state index contributed by atoms with van der Waals surface area (Å²) in [4.78, 5) is 19.2. The Bertz CT molecular complexity index is 859. The second kappa shape index (κ2) is 7.08. The summed E-state index contributed by atoms with van der Waals surface area (Å²) < 4.78 is 0. The van der Waals surface area contributed by atoms with Crippen molar-refractivity contribution in [3.63, 3.8) is 0 Å². The van der Waals surface area contributed by atoms with Gasteiger partial charge < -0.3 is 11.1 Å². The molecular formula is C22H31N3OS. The molecule has 27 heavy (non-hydrogen) atoms. The SMILES string of the molecule is CC(C)(C)[C@@H]1CCc2nc3sc(C(=O)NC4CCCCC4)c(N)c3cc2C1. The van der Waals surface area contributed by atoms with Gasteiger partial charge in [-0.1, -0.05) is 40.0 Å². The number of nitrogens with one attached hydrogen (secondary N) is 1. The Morgan fingerprint density at radius 1 is 1.22 bits per heavy atom. The number of amides is 1. The molecule has 5 heteroatoms. The minimum absolute atomic E-state index is 0.0204. The molecule has 2 aromatic rings. The number of rotatable bonds is 2. The molecule has 2 aliphatic carbocycles. The molecule has 1 fully saturated rings. The van der Waals surface area contributed by atoms with Crippen LogP contribution in [0.2, 0.25) is 0 Å². The minimum atomic E-state index is -0.0204. The van der Waals surface area contributed by atoms with Gasteiger partial charge in [0.1, 0.15) is 9.71 Å². The molecule has 2 aromatic heterocycles. The van der Waals surface area contributed by atoms with Crippen molar-refractivity contribution in [1.29, 1.82) is 0 Å². The monoisotopic (exact) mass is 385 g/mol. The largest absolute Gasteiger partial charge is 0.397 e. The third-order valence-corrected chi connectivity index (χ3v) is 7.57. The van der Waals surface area contributed by atoms with Crippen molar-refractivity contribution >= 4 is 33.1 Å². The summed E-state index contributed by atoms with van der Waals surface area (Å²) in [6.45, 7) is 6.96. The Kier molecular flexibility index (Phi) is 4.91. The Morgan fingerprint density at radius 2 is 1.96 bits per heavy atom. The highest BCUT2D eigenvalue weighted by Gasteiger charge is 2.30. The summed E-state index contributed by atoms with van der Waals surface area (Å²) in [6, 6.07) is 2.50. The molecule has 1 amide bonds. The van der Waals surface area contributed by atoms with Gasteiger partial charge in [-0.05, 0) is 55.1 Å². The molecule has 4 nitrogen and oxygen atoms in total. The highest BCUT2D eigenvalue weighted by atomic mass is 32.1. The molecule has 3 N–H and O–H groups in total. The molecule has 1 saturated carbocycles. The lowest BCUT2D eigenvalue weighted by atomic mass is 9.71. The Labute approximate surface area is 165 Å². The normalized spacial score (nSPS) is 21.2. The molecule has 0 bridgehead atoms. The Balaban J connectivity index is 1.61. The van der Waals surface area contributed by atoms with Gasteiger partial charge >= 0.3 is 0 Å². The zero-order valence-electron chi connectivity index (χ0n) is 16.7. The number of carbonyl (C=O) groups is 1.